The summed E-state index contributed by atoms with van der Waals surface area (Å²) in [6.07, 6.45) is 10.2. The Kier molecular flexibility index (Phi) is 3.50. The average Bonchev–Trinajstić information content (AvgIpc) is 3.22. The number of nitrogens with zero attached hydrogens (tertiary/aromatic N) is 6. The number of pyridine rings is 2. The van der Waals surface area contributed by atoms with E-state index in [0.717, 1.165) is 22.2 Å². The summed E-state index contributed by atoms with van der Waals surface area (Å²) in [5.74, 6) is 0.165. The summed E-state index contributed by atoms with van der Waals surface area (Å²) in [4.78, 5) is 29.1. The summed E-state index contributed by atoms with van der Waals surface area (Å²) in [7, 11) is 3.73. The fraction of sp³-hybridized carbons (Fsp3) is 0.118. The van der Waals surface area contributed by atoms with Gasteiger partial charge in [-0.05, 0) is 17.5 Å². The Labute approximate surface area is 143 Å². The first-order chi connectivity index (χ1) is 12.1. The van der Waals surface area contributed by atoms with E-state index in [4.69, 9.17) is 0 Å². The van der Waals surface area contributed by atoms with Gasteiger partial charge in [0.2, 0.25) is 0 Å². The summed E-state index contributed by atoms with van der Waals surface area (Å²) in [6.45, 7) is 0. The van der Waals surface area contributed by atoms with E-state index in [0.29, 0.717) is 11.5 Å². The molecule has 8 nitrogen and oxygen atoms in total. The van der Waals surface area contributed by atoms with E-state index >= 15 is 0 Å². The van der Waals surface area contributed by atoms with Gasteiger partial charge >= 0.3 is 0 Å². The van der Waals surface area contributed by atoms with Crippen LogP contribution in [-0.4, -0.2) is 35.0 Å². The number of anilines is 1. The van der Waals surface area contributed by atoms with Crippen LogP contribution in [0.25, 0.3) is 22.2 Å². The third-order valence-corrected chi connectivity index (χ3v) is 3.86. The molecule has 1 amide bonds. The van der Waals surface area contributed by atoms with E-state index in [2.05, 4.69) is 25.3 Å². The van der Waals surface area contributed by atoms with Crippen molar-refractivity contribution >= 4 is 22.5 Å². The number of hydrogen-bond acceptors (Lipinski definition) is 5. The highest BCUT2D eigenvalue weighted by Crippen LogP contribution is 2.22. The Balaban J connectivity index is 1.67. The molecular weight excluding hydrogens is 318 g/mol. The molecule has 0 saturated carbocycles. The molecule has 0 aliphatic carbocycles. The van der Waals surface area contributed by atoms with Crippen molar-refractivity contribution < 1.29 is 4.79 Å². The molecule has 0 spiro atoms. The molecule has 4 aromatic heterocycles. The predicted molar refractivity (Wildman–Crippen MR) is 92.9 cm³/mol. The molecule has 25 heavy (non-hydrogen) atoms. The number of imidazole rings is 2. The molecule has 124 valence electrons. The fourth-order valence-corrected chi connectivity index (χ4v) is 2.56. The summed E-state index contributed by atoms with van der Waals surface area (Å²) in [5, 5.41) is 4.58. The first-order valence-electron chi connectivity index (χ1n) is 7.62. The zero-order valence-corrected chi connectivity index (χ0v) is 13.7. The molecule has 0 saturated heterocycles. The van der Waals surface area contributed by atoms with E-state index < -0.39 is 0 Å². The largest absolute Gasteiger partial charge is 0.340 e. The van der Waals surface area contributed by atoms with Gasteiger partial charge in [-0.1, -0.05) is 0 Å². The minimum Gasteiger partial charge on any atom is -0.340 e. The zero-order chi connectivity index (χ0) is 17.4. The van der Waals surface area contributed by atoms with Crippen LogP contribution in [0, 0.1) is 0 Å². The molecule has 0 radical (unpaired) electrons. The minimum atomic E-state index is -0.298. The van der Waals surface area contributed by atoms with Crippen molar-refractivity contribution in [1.29, 1.82) is 0 Å². The van der Waals surface area contributed by atoms with Crippen LogP contribution >= 0.6 is 0 Å². The van der Waals surface area contributed by atoms with Crippen LogP contribution < -0.4 is 5.32 Å². The first kappa shape index (κ1) is 15.0. The van der Waals surface area contributed by atoms with Gasteiger partial charge in [0.1, 0.15) is 11.5 Å². The number of rotatable bonds is 3. The van der Waals surface area contributed by atoms with E-state index in [1.165, 1.54) is 0 Å². The van der Waals surface area contributed by atoms with Gasteiger partial charge in [-0.25, -0.2) is 15.0 Å². The van der Waals surface area contributed by atoms with Crippen molar-refractivity contribution in [3.8, 4) is 11.4 Å². The number of aryl methyl sites for hydroxylation is 2. The summed E-state index contributed by atoms with van der Waals surface area (Å²) < 4.78 is 3.62. The molecule has 4 aromatic rings. The van der Waals surface area contributed by atoms with Gasteiger partial charge in [0.15, 0.2) is 0 Å². The topological polar surface area (TPSA) is 90.5 Å². The smallest absolute Gasteiger partial charge is 0.276 e. The highest BCUT2D eigenvalue weighted by molar-refractivity contribution is 6.03. The molecule has 1 N–H and O–H groups in total. The molecule has 0 aromatic carbocycles. The number of carbonyl (C=O) groups excluding carboxylic acids is 1. The third kappa shape index (κ3) is 2.85. The van der Waals surface area contributed by atoms with Gasteiger partial charge in [0.25, 0.3) is 5.91 Å². The number of nitrogens with one attached hydrogen (secondary N) is 1. The zero-order valence-electron chi connectivity index (χ0n) is 13.7. The van der Waals surface area contributed by atoms with Gasteiger partial charge in [0.05, 0.1) is 30.2 Å². The normalized spacial score (nSPS) is 11.0. The Morgan fingerprint density at radius 1 is 1.00 bits per heavy atom. The number of aromatic nitrogens is 6. The molecule has 4 heterocycles. The number of hydrogen-bond donors (Lipinski definition) is 1. The minimum absolute atomic E-state index is 0.298. The van der Waals surface area contributed by atoms with Gasteiger partial charge in [-0.15, -0.1) is 0 Å². The Morgan fingerprint density at radius 2 is 1.84 bits per heavy atom. The molecule has 0 unspecified atom stereocenters. The Hall–Kier alpha value is -3.55. The highest BCUT2D eigenvalue weighted by atomic mass is 16.2. The fourth-order valence-electron chi connectivity index (χ4n) is 2.56. The monoisotopic (exact) mass is 333 g/mol. The lowest BCUT2D eigenvalue weighted by molar-refractivity contribution is 0.102. The van der Waals surface area contributed by atoms with Crippen LogP contribution in [0.1, 0.15) is 10.5 Å². The number of amides is 1. The van der Waals surface area contributed by atoms with Gasteiger partial charge in [-0.2, -0.15) is 0 Å². The quantitative estimate of drug-likeness (QED) is 0.619. The van der Waals surface area contributed by atoms with Crippen molar-refractivity contribution in [2.75, 3.05) is 5.32 Å². The predicted octanol–water partition coefficient (Wildman–Crippen LogP) is 2.02. The van der Waals surface area contributed by atoms with Crippen LogP contribution in [0.4, 0.5) is 5.82 Å². The lowest BCUT2D eigenvalue weighted by Crippen LogP contribution is -2.13. The lowest BCUT2D eigenvalue weighted by Gasteiger charge is -2.06. The van der Waals surface area contributed by atoms with E-state index in [-0.39, 0.29) is 5.91 Å². The van der Waals surface area contributed by atoms with Crippen LogP contribution in [0.15, 0.2) is 49.6 Å². The molecule has 0 bridgehead atoms. The first-order valence-corrected chi connectivity index (χ1v) is 7.62. The second-order valence-corrected chi connectivity index (χ2v) is 5.75. The number of fused-ring (bicyclic) bond motifs is 1. The molecule has 0 atom stereocenters. The maximum absolute atomic E-state index is 12.2. The summed E-state index contributed by atoms with van der Waals surface area (Å²) >= 11 is 0. The van der Waals surface area contributed by atoms with Gasteiger partial charge < -0.3 is 14.5 Å². The summed E-state index contributed by atoms with van der Waals surface area (Å²) in [6, 6.07) is 3.77. The average molecular weight is 333 g/mol. The van der Waals surface area contributed by atoms with Crippen LogP contribution in [0.5, 0.6) is 0 Å². The van der Waals surface area contributed by atoms with Crippen molar-refractivity contribution in [1.82, 2.24) is 29.1 Å². The molecule has 0 fully saturated rings. The highest BCUT2D eigenvalue weighted by Gasteiger charge is 2.11. The standard InChI is InChI=1S/C17H15N7O/c1-23-8-14(21-10-23)17(25)22-16-4-11-3-13(15-7-18-9-24(15)2)19-5-12(11)6-20-16/h3-10H,1-2H3,(H,20,22,25). The third-order valence-electron chi connectivity index (χ3n) is 3.86. The van der Waals surface area contributed by atoms with Crippen molar-refractivity contribution in [2.45, 2.75) is 0 Å². The molecule has 0 aliphatic heterocycles. The second kappa shape index (κ2) is 5.82. The molecule has 8 heteroatoms. The van der Waals surface area contributed by atoms with E-state index in [9.17, 15) is 4.79 Å². The van der Waals surface area contributed by atoms with Crippen molar-refractivity contribution in [2.24, 2.45) is 14.1 Å². The van der Waals surface area contributed by atoms with E-state index in [1.807, 2.05) is 30.8 Å². The SMILES string of the molecule is Cn1cnc(C(=O)Nc2cc3cc(-c4cncn4C)ncc3cn2)c1. The van der Waals surface area contributed by atoms with Crippen molar-refractivity contribution in [3.05, 3.63) is 55.3 Å². The van der Waals surface area contributed by atoms with Crippen molar-refractivity contribution in [3.63, 3.8) is 0 Å². The number of carbonyl (C=O) groups is 1. The second-order valence-electron chi connectivity index (χ2n) is 5.75. The van der Waals surface area contributed by atoms with Gasteiger partial charge in [0, 0.05) is 38.1 Å². The van der Waals surface area contributed by atoms with Crippen LogP contribution in [0.2, 0.25) is 0 Å². The van der Waals surface area contributed by atoms with Crippen LogP contribution in [0.3, 0.4) is 0 Å². The lowest BCUT2D eigenvalue weighted by atomic mass is 10.1. The van der Waals surface area contributed by atoms with E-state index in [1.54, 1.807) is 42.0 Å². The molecule has 4 rings (SSSR count). The van der Waals surface area contributed by atoms with Crippen LogP contribution in [-0.2, 0) is 14.1 Å². The maximum atomic E-state index is 12.2. The molecular formula is C17H15N7O. The van der Waals surface area contributed by atoms with Gasteiger partial charge in [-0.3, -0.25) is 9.78 Å². The Bertz CT molecular complexity index is 1080. The maximum Gasteiger partial charge on any atom is 0.276 e. The summed E-state index contributed by atoms with van der Waals surface area (Å²) in [5.41, 5.74) is 2.06. The Morgan fingerprint density at radius 3 is 2.56 bits per heavy atom. The molecule has 0 aliphatic rings.